The Morgan fingerprint density at radius 3 is 1.00 bits per heavy atom. The van der Waals surface area contributed by atoms with Gasteiger partial charge in [-0.15, -0.1) is 0 Å². The second-order valence-corrected chi connectivity index (χ2v) is 9.66. The number of benzene rings is 3. The Balaban J connectivity index is 0.000000180. The van der Waals surface area contributed by atoms with E-state index in [1.807, 2.05) is 72.8 Å². The molecule has 0 atom stereocenters. The summed E-state index contributed by atoms with van der Waals surface area (Å²) in [5.74, 6) is 0. The quantitative estimate of drug-likeness (QED) is 0.218. The molecular weight excluding hydrogens is 696 g/mol. The van der Waals surface area contributed by atoms with Gasteiger partial charge in [0.15, 0.2) is 0 Å². The molecule has 0 bridgehead atoms. The average molecular weight is 708 g/mol. The average Bonchev–Trinajstić information content (AvgIpc) is 2.54. The van der Waals surface area contributed by atoms with Gasteiger partial charge in [-0.2, -0.15) is 0 Å². The first-order valence-electron chi connectivity index (χ1n) is 6.60. The third-order valence-corrected chi connectivity index (χ3v) is 6.37. The van der Waals surface area contributed by atoms with Crippen LogP contribution in [0.2, 0.25) is 0 Å². The minimum atomic E-state index is 1.10. The summed E-state index contributed by atoms with van der Waals surface area (Å²) in [5, 5.41) is 0. The molecule has 0 aliphatic heterocycles. The second-order valence-electron chi connectivity index (χ2n) is 4.29. The van der Waals surface area contributed by atoms with E-state index >= 15 is 0 Å². The van der Waals surface area contributed by atoms with Gasteiger partial charge in [0.05, 0.1) is 0 Å². The maximum Gasteiger partial charge on any atom is 0.0317 e. The summed E-state index contributed by atoms with van der Waals surface area (Å²) >= 11 is 20.0. The first kappa shape index (κ1) is 22.6. The SMILES string of the molecule is Brc1ccc(Br)cc1.Brc1cccc(Br)c1.Brc1ccccc1Br. The molecule has 24 heavy (non-hydrogen) atoms. The van der Waals surface area contributed by atoms with Gasteiger partial charge < -0.3 is 0 Å². The van der Waals surface area contributed by atoms with Gasteiger partial charge >= 0.3 is 0 Å². The Morgan fingerprint density at radius 2 is 0.750 bits per heavy atom. The summed E-state index contributed by atoms with van der Waals surface area (Å²) in [5.41, 5.74) is 0. The van der Waals surface area contributed by atoms with Crippen LogP contribution in [0.5, 0.6) is 0 Å². The number of hydrogen-bond acceptors (Lipinski definition) is 0. The van der Waals surface area contributed by atoms with Gasteiger partial charge in [0.25, 0.3) is 0 Å². The predicted octanol–water partition coefficient (Wildman–Crippen LogP) is 9.63. The van der Waals surface area contributed by atoms with E-state index in [2.05, 4.69) is 95.6 Å². The molecule has 0 nitrogen and oxygen atoms in total. The van der Waals surface area contributed by atoms with Crippen LogP contribution in [0.1, 0.15) is 0 Å². The highest BCUT2D eigenvalue weighted by molar-refractivity contribution is 9.13. The summed E-state index contributed by atoms with van der Waals surface area (Å²) < 4.78 is 6.63. The first-order chi connectivity index (χ1) is 11.4. The molecule has 0 aliphatic rings. The summed E-state index contributed by atoms with van der Waals surface area (Å²) in [6.45, 7) is 0. The normalized spacial score (nSPS) is 9.25. The van der Waals surface area contributed by atoms with Crippen LogP contribution < -0.4 is 0 Å². The monoisotopic (exact) mass is 702 g/mol. The predicted molar refractivity (Wildman–Crippen MR) is 126 cm³/mol. The van der Waals surface area contributed by atoms with E-state index < -0.39 is 0 Å². The topological polar surface area (TPSA) is 0 Å². The highest BCUT2D eigenvalue weighted by Gasteiger charge is 1.88. The van der Waals surface area contributed by atoms with E-state index in [0.29, 0.717) is 0 Å². The standard InChI is InChI=1S/3C6H4Br2/c7-5-1-2-6(8)4-3-5;7-5-2-1-3-6(8)4-5;7-5-3-1-2-4-6(5)8/h3*1-4H. The van der Waals surface area contributed by atoms with Crippen molar-refractivity contribution in [2.24, 2.45) is 0 Å². The zero-order valence-electron chi connectivity index (χ0n) is 12.2. The molecule has 0 saturated carbocycles. The Labute approximate surface area is 193 Å². The lowest BCUT2D eigenvalue weighted by molar-refractivity contribution is 1.59. The smallest absolute Gasteiger partial charge is 0.0317 e. The molecule has 0 heterocycles. The van der Waals surface area contributed by atoms with Crippen molar-refractivity contribution < 1.29 is 0 Å². The van der Waals surface area contributed by atoms with Crippen LogP contribution in [-0.2, 0) is 0 Å². The van der Waals surface area contributed by atoms with Gasteiger partial charge in [-0.3, -0.25) is 0 Å². The molecule has 3 rings (SSSR count). The van der Waals surface area contributed by atoms with E-state index in [9.17, 15) is 0 Å². The minimum absolute atomic E-state index is 1.10. The summed E-state index contributed by atoms with van der Waals surface area (Å²) in [6.07, 6.45) is 0. The van der Waals surface area contributed by atoms with Crippen molar-refractivity contribution in [2.45, 2.75) is 0 Å². The van der Waals surface area contributed by atoms with Gasteiger partial charge in [-0.05, 0) is 86.5 Å². The Hall–Kier alpha value is 0.540. The van der Waals surface area contributed by atoms with Crippen LogP contribution in [0.15, 0.2) is 99.6 Å². The third kappa shape index (κ3) is 10.5. The first-order valence-corrected chi connectivity index (χ1v) is 11.4. The van der Waals surface area contributed by atoms with Crippen LogP contribution >= 0.6 is 95.6 Å². The van der Waals surface area contributed by atoms with Gasteiger partial charge in [-0.1, -0.05) is 81.9 Å². The third-order valence-electron chi connectivity index (χ3n) is 2.41. The van der Waals surface area contributed by atoms with E-state index in [1.54, 1.807) is 0 Å². The van der Waals surface area contributed by atoms with Crippen molar-refractivity contribution in [3.05, 3.63) is 99.6 Å². The van der Waals surface area contributed by atoms with Crippen LogP contribution in [0, 0.1) is 0 Å². The lowest BCUT2D eigenvalue weighted by Crippen LogP contribution is -1.63. The van der Waals surface area contributed by atoms with Crippen LogP contribution in [0.25, 0.3) is 0 Å². The van der Waals surface area contributed by atoms with Crippen molar-refractivity contribution in [1.29, 1.82) is 0 Å². The molecule has 0 unspecified atom stereocenters. The van der Waals surface area contributed by atoms with Crippen LogP contribution in [-0.4, -0.2) is 0 Å². The molecule has 3 aromatic rings. The summed E-state index contributed by atoms with van der Waals surface area (Å²) in [6, 6.07) is 23.9. The van der Waals surface area contributed by atoms with Gasteiger partial charge in [0, 0.05) is 26.8 Å². The van der Waals surface area contributed by atoms with Crippen molar-refractivity contribution in [3.63, 3.8) is 0 Å². The molecule has 6 heteroatoms. The molecule has 0 fully saturated rings. The fourth-order valence-corrected chi connectivity index (χ4v) is 3.53. The van der Waals surface area contributed by atoms with Crippen LogP contribution in [0.4, 0.5) is 0 Å². The molecule has 0 radical (unpaired) electrons. The van der Waals surface area contributed by atoms with E-state index in [0.717, 1.165) is 26.8 Å². The maximum absolute atomic E-state index is 3.35. The van der Waals surface area contributed by atoms with E-state index in [1.165, 1.54) is 0 Å². The molecule has 0 N–H and O–H groups in total. The second kappa shape index (κ2) is 12.8. The molecule has 0 spiro atoms. The highest BCUT2D eigenvalue weighted by atomic mass is 79.9. The van der Waals surface area contributed by atoms with Gasteiger partial charge in [0.1, 0.15) is 0 Å². The Bertz CT molecular complexity index is 681. The zero-order chi connectivity index (χ0) is 17.9. The number of rotatable bonds is 0. The van der Waals surface area contributed by atoms with Crippen molar-refractivity contribution >= 4 is 95.6 Å². The number of halogens is 6. The number of hydrogen-bond donors (Lipinski definition) is 0. The molecule has 0 amide bonds. The van der Waals surface area contributed by atoms with Gasteiger partial charge in [-0.25, -0.2) is 0 Å². The van der Waals surface area contributed by atoms with Crippen molar-refractivity contribution in [3.8, 4) is 0 Å². The largest absolute Gasteiger partial charge is 0.0611 e. The molecule has 0 aliphatic carbocycles. The molecule has 126 valence electrons. The summed E-state index contributed by atoms with van der Waals surface area (Å²) in [7, 11) is 0. The lowest BCUT2D eigenvalue weighted by atomic mass is 10.4. The molecule has 0 aromatic heterocycles. The molecule has 0 saturated heterocycles. The fraction of sp³-hybridized carbons (Fsp3) is 0. The van der Waals surface area contributed by atoms with Gasteiger partial charge in [0.2, 0.25) is 0 Å². The fourth-order valence-electron chi connectivity index (χ4n) is 1.33. The Kier molecular flexibility index (Phi) is 12.1. The molecule has 3 aromatic carbocycles. The lowest BCUT2D eigenvalue weighted by Gasteiger charge is -1.89. The van der Waals surface area contributed by atoms with Crippen LogP contribution in [0.3, 0.4) is 0 Å². The highest BCUT2D eigenvalue weighted by Crippen LogP contribution is 2.21. The van der Waals surface area contributed by atoms with E-state index in [-0.39, 0.29) is 0 Å². The maximum atomic E-state index is 3.35. The molecular formula is C18H12Br6. The van der Waals surface area contributed by atoms with Crippen molar-refractivity contribution in [1.82, 2.24) is 0 Å². The zero-order valence-corrected chi connectivity index (χ0v) is 21.7. The Morgan fingerprint density at radius 1 is 0.375 bits per heavy atom. The minimum Gasteiger partial charge on any atom is -0.0611 e. The van der Waals surface area contributed by atoms with E-state index in [4.69, 9.17) is 0 Å². The van der Waals surface area contributed by atoms with Crippen molar-refractivity contribution in [2.75, 3.05) is 0 Å². The summed E-state index contributed by atoms with van der Waals surface area (Å²) in [4.78, 5) is 0.